The number of anilines is 2. The number of hydrogen-bond donors (Lipinski definition) is 2. The van der Waals surface area contributed by atoms with Crippen LogP contribution in [0.1, 0.15) is 6.42 Å². The van der Waals surface area contributed by atoms with Gasteiger partial charge in [0, 0.05) is 20.3 Å². The molecular weight excluding hydrogens is 302 g/mol. The van der Waals surface area contributed by atoms with Gasteiger partial charge in [-0.25, -0.2) is 13.4 Å². The number of ether oxygens (including phenoxy) is 1. The molecule has 0 aliphatic heterocycles. The first-order valence-electron chi connectivity index (χ1n) is 6.88. The van der Waals surface area contributed by atoms with Crippen LogP contribution in [0, 0.1) is 0 Å². The lowest BCUT2D eigenvalue weighted by atomic mass is 10.4. The zero-order chi connectivity index (χ0) is 15.8. The zero-order valence-corrected chi connectivity index (χ0v) is 13.1. The van der Waals surface area contributed by atoms with Gasteiger partial charge in [-0.05, 0) is 30.7 Å². The SMILES string of the molecule is COCCCNc1ccc(NS(=O)(=O)c2ccccc2)nc1. The van der Waals surface area contributed by atoms with E-state index in [0.717, 1.165) is 18.7 Å². The Labute approximate surface area is 130 Å². The second-order valence-corrected chi connectivity index (χ2v) is 6.31. The van der Waals surface area contributed by atoms with E-state index < -0.39 is 10.0 Å². The van der Waals surface area contributed by atoms with E-state index in [1.54, 1.807) is 43.6 Å². The third-order valence-corrected chi connectivity index (χ3v) is 4.28. The lowest BCUT2D eigenvalue weighted by molar-refractivity contribution is 0.198. The van der Waals surface area contributed by atoms with Crippen molar-refractivity contribution >= 4 is 21.5 Å². The molecule has 0 radical (unpaired) electrons. The van der Waals surface area contributed by atoms with Crippen molar-refractivity contribution in [1.29, 1.82) is 0 Å². The second-order valence-electron chi connectivity index (χ2n) is 4.62. The molecule has 2 N–H and O–H groups in total. The van der Waals surface area contributed by atoms with Crippen molar-refractivity contribution in [2.45, 2.75) is 11.3 Å². The van der Waals surface area contributed by atoms with Crippen molar-refractivity contribution in [2.75, 3.05) is 30.3 Å². The smallest absolute Gasteiger partial charge is 0.263 e. The molecule has 22 heavy (non-hydrogen) atoms. The summed E-state index contributed by atoms with van der Waals surface area (Å²) in [5.74, 6) is 0.284. The van der Waals surface area contributed by atoms with Gasteiger partial charge in [-0.15, -0.1) is 0 Å². The van der Waals surface area contributed by atoms with Crippen LogP contribution < -0.4 is 10.0 Å². The van der Waals surface area contributed by atoms with Crippen molar-refractivity contribution in [3.63, 3.8) is 0 Å². The monoisotopic (exact) mass is 321 g/mol. The van der Waals surface area contributed by atoms with Gasteiger partial charge >= 0.3 is 0 Å². The summed E-state index contributed by atoms with van der Waals surface area (Å²) >= 11 is 0. The van der Waals surface area contributed by atoms with Crippen LogP contribution in [0.5, 0.6) is 0 Å². The molecule has 1 heterocycles. The van der Waals surface area contributed by atoms with Crippen LogP contribution in [0.3, 0.4) is 0 Å². The molecule has 0 saturated heterocycles. The van der Waals surface area contributed by atoms with Crippen LogP contribution in [0.2, 0.25) is 0 Å². The Kier molecular flexibility index (Phi) is 5.74. The molecule has 7 heteroatoms. The van der Waals surface area contributed by atoms with Crippen molar-refractivity contribution in [1.82, 2.24) is 4.98 Å². The number of sulfonamides is 1. The summed E-state index contributed by atoms with van der Waals surface area (Å²) in [6.07, 6.45) is 2.48. The van der Waals surface area contributed by atoms with E-state index in [0.29, 0.717) is 6.61 Å². The number of pyridine rings is 1. The van der Waals surface area contributed by atoms with E-state index in [1.807, 2.05) is 0 Å². The normalized spacial score (nSPS) is 11.1. The van der Waals surface area contributed by atoms with E-state index >= 15 is 0 Å². The highest BCUT2D eigenvalue weighted by Crippen LogP contribution is 2.15. The maximum Gasteiger partial charge on any atom is 0.263 e. The number of methoxy groups -OCH3 is 1. The molecule has 1 aromatic heterocycles. The van der Waals surface area contributed by atoms with Gasteiger partial charge in [0.2, 0.25) is 0 Å². The van der Waals surface area contributed by atoms with Crippen molar-refractivity contribution in [3.05, 3.63) is 48.7 Å². The zero-order valence-electron chi connectivity index (χ0n) is 12.3. The molecule has 0 atom stereocenters. The maximum atomic E-state index is 12.1. The van der Waals surface area contributed by atoms with Crippen molar-refractivity contribution in [2.24, 2.45) is 0 Å². The average molecular weight is 321 g/mol. The average Bonchev–Trinajstić information content (AvgIpc) is 2.54. The van der Waals surface area contributed by atoms with Gasteiger partial charge in [0.25, 0.3) is 10.0 Å². The molecule has 0 fully saturated rings. The third-order valence-electron chi connectivity index (χ3n) is 2.91. The van der Waals surface area contributed by atoms with E-state index in [1.165, 1.54) is 12.1 Å². The Morgan fingerprint density at radius 3 is 2.55 bits per heavy atom. The highest BCUT2D eigenvalue weighted by atomic mass is 32.2. The van der Waals surface area contributed by atoms with Crippen molar-refractivity contribution < 1.29 is 13.2 Å². The quantitative estimate of drug-likeness (QED) is 0.729. The minimum absolute atomic E-state index is 0.207. The number of hydrogen-bond acceptors (Lipinski definition) is 5. The Bertz CT molecular complexity index is 673. The summed E-state index contributed by atoms with van der Waals surface area (Å²) in [6, 6.07) is 11.6. The second kappa shape index (κ2) is 7.77. The van der Waals surface area contributed by atoms with Gasteiger partial charge < -0.3 is 10.1 Å². The molecule has 0 aliphatic carbocycles. The predicted octanol–water partition coefficient (Wildman–Crippen LogP) is 2.33. The van der Waals surface area contributed by atoms with Crippen LogP contribution in [-0.4, -0.2) is 33.7 Å². The molecule has 1 aromatic carbocycles. The van der Waals surface area contributed by atoms with E-state index in [-0.39, 0.29) is 10.7 Å². The molecule has 0 aliphatic rings. The number of aromatic nitrogens is 1. The number of nitrogens with one attached hydrogen (secondary N) is 2. The first-order chi connectivity index (χ1) is 10.6. The Morgan fingerprint density at radius 2 is 1.91 bits per heavy atom. The van der Waals surface area contributed by atoms with Gasteiger partial charge in [-0.2, -0.15) is 0 Å². The molecule has 0 bridgehead atoms. The molecule has 118 valence electrons. The standard InChI is InChI=1S/C15H19N3O3S/c1-21-11-5-10-16-13-8-9-15(17-12-13)18-22(19,20)14-6-3-2-4-7-14/h2-4,6-9,12,16H,5,10-11H2,1H3,(H,17,18). The molecule has 0 amide bonds. The van der Waals surface area contributed by atoms with E-state index in [9.17, 15) is 8.42 Å². The number of benzene rings is 1. The Morgan fingerprint density at radius 1 is 1.14 bits per heavy atom. The molecule has 0 saturated carbocycles. The van der Waals surface area contributed by atoms with Gasteiger partial charge in [-0.1, -0.05) is 18.2 Å². The molecular formula is C15H19N3O3S. The Balaban J connectivity index is 1.96. The number of rotatable bonds is 8. The molecule has 2 aromatic rings. The first kappa shape index (κ1) is 16.3. The van der Waals surface area contributed by atoms with Gasteiger partial charge in [-0.3, -0.25) is 4.72 Å². The Hall–Kier alpha value is -2.12. The lowest BCUT2D eigenvalue weighted by Gasteiger charge is -2.09. The van der Waals surface area contributed by atoms with Gasteiger partial charge in [0.15, 0.2) is 0 Å². The van der Waals surface area contributed by atoms with Crippen LogP contribution >= 0.6 is 0 Å². The van der Waals surface area contributed by atoms with E-state index in [2.05, 4.69) is 15.0 Å². The fourth-order valence-corrected chi connectivity index (χ4v) is 2.83. The van der Waals surface area contributed by atoms with Crippen LogP contribution in [-0.2, 0) is 14.8 Å². The molecule has 0 spiro atoms. The summed E-state index contributed by atoms with van der Waals surface area (Å²) in [5.41, 5.74) is 0.832. The summed E-state index contributed by atoms with van der Waals surface area (Å²) < 4.78 is 31.7. The van der Waals surface area contributed by atoms with Crippen molar-refractivity contribution in [3.8, 4) is 0 Å². The van der Waals surface area contributed by atoms with E-state index in [4.69, 9.17) is 4.74 Å². The summed E-state index contributed by atoms with van der Waals surface area (Å²) in [6.45, 7) is 1.46. The van der Waals surface area contributed by atoms with Gasteiger partial charge in [0.1, 0.15) is 5.82 Å². The molecule has 0 unspecified atom stereocenters. The third kappa shape index (κ3) is 4.71. The number of nitrogens with zero attached hydrogens (tertiary/aromatic N) is 1. The fraction of sp³-hybridized carbons (Fsp3) is 0.267. The highest BCUT2D eigenvalue weighted by molar-refractivity contribution is 7.92. The minimum atomic E-state index is -3.60. The van der Waals surface area contributed by atoms with Gasteiger partial charge in [0.05, 0.1) is 16.8 Å². The fourth-order valence-electron chi connectivity index (χ4n) is 1.80. The van der Waals surface area contributed by atoms with Crippen LogP contribution in [0.15, 0.2) is 53.6 Å². The largest absolute Gasteiger partial charge is 0.385 e. The minimum Gasteiger partial charge on any atom is -0.385 e. The highest BCUT2D eigenvalue weighted by Gasteiger charge is 2.13. The topological polar surface area (TPSA) is 80.3 Å². The van der Waals surface area contributed by atoms with Crippen LogP contribution in [0.25, 0.3) is 0 Å². The predicted molar refractivity (Wildman–Crippen MR) is 86.5 cm³/mol. The first-order valence-corrected chi connectivity index (χ1v) is 8.37. The summed E-state index contributed by atoms with van der Waals surface area (Å²) in [4.78, 5) is 4.31. The molecule has 2 rings (SSSR count). The maximum absolute atomic E-state index is 12.1. The molecule has 6 nitrogen and oxygen atoms in total. The summed E-state index contributed by atoms with van der Waals surface area (Å²) in [7, 11) is -1.94. The summed E-state index contributed by atoms with van der Waals surface area (Å²) in [5, 5.41) is 3.18. The lowest BCUT2D eigenvalue weighted by Crippen LogP contribution is -2.14. The van der Waals surface area contributed by atoms with Crippen LogP contribution in [0.4, 0.5) is 11.5 Å².